The van der Waals surface area contributed by atoms with Crippen molar-refractivity contribution in [1.29, 1.82) is 0 Å². The van der Waals surface area contributed by atoms with Crippen LogP contribution in [0.15, 0.2) is 48.8 Å². The maximum atomic E-state index is 12.9. The molecule has 1 N–H and O–H groups in total. The number of nitrogens with zero attached hydrogens (tertiary/aromatic N) is 4. The third-order valence-electron chi connectivity index (χ3n) is 7.11. The van der Waals surface area contributed by atoms with Gasteiger partial charge in [0.1, 0.15) is 5.82 Å². The van der Waals surface area contributed by atoms with E-state index in [4.69, 9.17) is 9.72 Å². The molecule has 0 spiro atoms. The number of amides is 1. The lowest BCUT2D eigenvalue weighted by Gasteiger charge is -2.46. The van der Waals surface area contributed by atoms with Crippen LogP contribution in [0, 0.1) is 18.8 Å². The molecule has 7 heteroatoms. The number of anilines is 2. The number of aryl methyl sites for hydroxylation is 1. The molecule has 1 amide bonds. The van der Waals surface area contributed by atoms with Gasteiger partial charge in [0.15, 0.2) is 0 Å². The average molecular weight is 460 g/mol. The second-order valence-corrected chi connectivity index (χ2v) is 9.62. The Balaban J connectivity index is 1.57. The van der Waals surface area contributed by atoms with E-state index >= 15 is 0 Å². The Labute approximate surface area is 201 Å². The molecule has 1 aliphatic heterocycles. The molecule has 1 fully saturated rings. The number of benzene rings is 1. The number of fused-ring (bicyclic) bond motifs is 1. The van der Waals surface area contributed by atoms with Crippen LogP contribution in [0.5, 0.6) is 0 Å². The first-order valence-electron chi connectivity index (χ1n) is 12.1. The number of aromatic nitrogens is 3. The van der Waals surface area contributed by atoms with E-state index in [-0.39, 0.29) is 23.9 Å². The van der Waals surface area contributed by atoms with Crippen molar-refractivity contribution in [1.82, 2.24) is 14.8 Å². The van der Waals surface area contributed by atoms with Gasteiger partial charge in [0, 0.05) is 49.1 Å². The summed E-state index contributed by atoms with van der Waals surface area (Å²) in [7, 11) is 1.70. The second-order valence-electron chi connectivity index (χ2n) is 9.62. The Kier molecular flexibility index (Phi) is 6.13. The smallest absolute Gasteiger partial charge is 0.224 e. The van der Waals surface area contributed by atoms with Gasteiger partial charge in [-0.1, -0.05) is 19.1 Å². The number of methoxy groups -OCH3 is 1. The second kappa shape index (κ2) is 9.22. The molecule has 1 unspecified atom stereocenters. The first kappa shape index (κ1) is 22.6. The third kappa shape index (κ3) is 4.32. The molecule has 5 rings (SSSR count). The SMILES string of the molecule is COCCn1cc(-c2ccc3c(c2)C(Nc2cccc(C)n2)[C@@H](C)[C@H](C2CC2)N3C(C)=O)cn1. The van der Waals surface area contributed by atoms with Gasteiger partial charge in [-0.3, -0.25) is 9.48 Å². The molecule has 0 saturated heterocycles. The van der Waals surface area contributed by atoms with Crippen LogP contribution >= 0.6 is 0 Å². The summed E-state index contributed by atoms with van der Waals surface area (Å²) >= 11 is 0. The Hall–Kier alpha value is -3.19. The predicted molar refractivity (Wildman–Crippen MR) is 134 cm³/mol. The minimum atomic E-state index is 0.0500. The van der Waals surface area contributed by atoms with Gasteiger partial charge in [0.25, 0.3) is 0 Å². The minimum Gasteiger partial charge on any atom is -0.383 e. The predicted octanol–water partition coefficient (Wildman–Crippen LogP) is 4.83. The van der Waals surface area contributed by atoms with E-state index in [0.29, 0.717) is 19.1 Å². The van der Waals surface area contributed by atoms with Gasteiger partial charge < -0.3 is 15.0 Å². The highest BCUT2D eigenvalue weighted by molar-refractivity contribution is 5.94. The van der Waals surface area contributed by atoms with E-state index in [1.165, 1.54) is 12.8 Å². The third-order valence-corrected chi connectivity index (χ3v) is 7.11. The number of carbonyl (C=O) groups excluding carboxylic acids is 1. The number of hydrogen-bond acceptors (Lipinski definition) is 5. The van der Waals surface area contributed by atoms with Crippen LogP contribution in [-0.2, 0) is 16.1 Å². The van der Waals surface area contributed by atoms with Crippen LogP contribution in [0.4, 0.5) is 11.5 Å². The summed E-state index contributed by atoms with van der Waals surface area (Å²) in [6.45, 7) is 7.30. The summed E-state index contributed by atoms with van der Waals surface area (Å²) < 4.78 is 7.08. The molecule has 3 atom stereocenters. The summed E-state index contributed by atoms with van der Waals surface area (Å²) in [5.74, 6) is 1.77. The monoisotopic (exact) mass is 459 g/mol. The number of nitrogens with one attached hydrogen (secondary N) is 1. The van der Waals surface area contributed by atoms with Crippen LogP contribution in [0.2, 0.25) is 0 Å². The quantitative estimate of drug-likeness (QED) is 0.548. The molecule has 1 saturated carbocycles. The van der Waals surface area contributed by atoms with Crippen LogP contribution in [-0.4, -0.2) is 40.4 Å². The van der Waals surface area contributed by atoms with E-state index < -0.39 is 0 Å². The minimum absolute atomic E-state index is 0.0500. The van der Waals surface area contributed by atoms with Crippen molar-refractivity contribution < 1.29 is 9.53 Å². The molecular weight excluding hydrogens is 426 g/mol. The normalized spacial score (nSPS) is 21.9. The molecule has 2 aromatic heterocycles. The van der Waals surface area contributed by atoms with Crippen molar-refractivity contribution in [2.75, 3.05) is 23.9 Å². The fourth-order valence-corrected chi connectivity index (χ4v) is 5.35. The standard InChI is InChI=1S/C27H33N5O2/c1-17-6-5-7-25(29-17)30-26-18(2)27(20-8-9-20)32(19(3)33)24-11-10-21(14-23(24)26)22-15-28-31(16-22)12-13-34-4/h5-7,10-11,14-16,18,20,26-27H,8-9,12-13H2,1-4H3,(H,29,30)/t18-,26?,27-/m1/s1. The highest BCUT2D eigenvalue weighted by Gasteiger charge is 2.47. The topological polar surface area (TPSA) is 72.3 Å². The maximum Gasteiger partial charge on any atom is 0.224 e. The zero-order chi connectivity index (χ0) is 23.8. The van der Waals surface area contributed by atoms with E-state index in [1.54, 1.807) is 14.0 Å². The highest BCUT2D eigenvalue weighted by Crippen LogP contribution is 2.50. The lowest BCUT2D eigenvalue weighted by atomic mass is 9.79. The van der Waals surface area contributed by atoms with Gasteiger partial charge in [-0.15, -0.1) is 0 Å². The first-order chi connectivity index (χ1) is 16.5. The molecule has 3 heterocycles. The lowest BCUT2D eigenvalue weighted by molar-refractivity contribution is -0.117. The molecule has 1 aliphatic carbocycles. The average Bonchev–Trinajstić information content (AvgIpc) is 3.55. The van der Waals surface area contributed by atoms with E-state index in [9.17, 15) is 4.79 Å². The van der Waals surface area contributed by atoms with Gasteiger partial charge in [-0.2, -0.15) is 5.10 Å². The molecule has 178 valence electrons. The van der Waals surface area contributed by atoms with Crippen molar-refractivity contribution in [2.45, 2.75) is 52.2 Å². The molecule has 0 radical (unpaired) electrons. The van der Waals surface area contributed by atoms with Crippen LogP contribution in [0.1, 0.15) is 44.0 Å². The van der Waals surface area contributed by atoms with Gasteiger partial charge in [-0.05, 0) is 61.1 Å². The highest BCUT2D eigenvalue weighted by atomic mass is 16.5. The number of rotatable bonds is 7. The summed E-state index contributed by atoms with van der Waals surface area (Å²) in [4.78, 5) is 19.6. The van der Waals surface area contributed by atoms with Gasteiger partial charge in [-0.25, -0.2) is 4.98 Å². The summed E-state index contributed by atoms with van der Waals surface area (Å²) in [5, 5.41) is 8.21. The number of pyridine rings is 1. The number of hydrogen-bond donors (Lipinski definition) is 1. The summed E-state index contributed by atoms with van der Waals surface area (Å²) in [5.41, 5.74) is 5.26. The van der Waals surface area contributed by atoms with Crippen molar-refractivity contribution in [3.8, 4) is 11.1 Å². The fraction of sp³-hybridized carbons (Fsp3) is 0.444. The molecular formula is C27H33N5O2. The molecule has 1 aromatic carbocycles. The Bertz CT molecular complexity index is 1190. The van der Waals surface area contributed by atoms with Gasteiger partial charge in [0.2, 0.25) is 5.91 Å². The van der Waals surface area contributed by atoms with Gasteiger partial charge >= 0.3 is 0 Å². The molecule has 34 heavy (non-hydrogen) atoms. The lowest BCUT2D eigenvalue weighted by Crippen LogP contribution is -2.51. The van der Waals surface area contributed by atoms with Crippen molar-refractivity contribution >= 4 is 17.4 Å². The fourth-order valence-electron chi connectivity index (χ4n) is 5.35. The zero-order valence-electron chi connectivity index (χ0n) is 20.4. The molecule has 2 aliphatic rings. The largest absolute Gasteiger partial charge is 0.383 e. The van der Waals surface area contributed by atoms with Crippen molar-refractivity contribution in [3.63, 3.8) is 0 Å². The molecule has 7 nitrogen and oxygen atoms in total. The number of carbonyl (C=O) groups is 1. The Morgan fingerprint density at radius 2 is 2.03 bits per heavy atom. The number of ether oxygens (including phenoxy) is 1. The van der Waals surface area contributed by atoms with Crippen LogP contribution in [0.3, 0.4) is 0 Å². The molecule has 0 bridgehead atoms. The van der Waals surface area contributed by atoms with E-state index in [1.807, 2.05) is 47.1 Å². The summed E-state index contributed by atoms with van der Waals surface area (Å²) in [6, 6.07) is 12.7. The Morgan fingerprint density at radius 1 is 1.21 bits per heavy atom. The Morgan fingerprint density at radius 3 is 2.74 bits per heavy atom. The van der Waals surface area contributed by atoms with Gasteiger partial charge in [0.05, 0.1) is 25.4 Å². The van der Waals surface area contributed by atoms with E-state index in [2.05, 4.69) is 35.5 Å². The van der Waals surface area contributed by atoms with Crippen molar-refractivity contribution in [2.24, 2.45) is 11.8 Å². The van der Waals surface area contributed by atoms with Crippen LogP contribution in [0.25, 0.3) is 11.1 Å². The summed E-state index contributed by atoms with van der Waals surface area (Å²) in [6.07, 6.45) is 6.31. The van der Waals surface area contributed by atoms with Crippen molar-refractivity contribution in [3.05, 3.63) is 60.0 Å². The maximum absolute atomic E-state index is 12.9. The first-order valence-corrected chi connectivity index (χ1v) is 12.1. The van der Waals surface area contributed by atoms with E-state index in [0.717, 1.165) is 33.9 Å². The molecule has 3 aromatic rings. The zero-order valence-corrected chi connectivity index (χ0v) is 20.4. The van der Waals surface area contributed by atoms with Crippen LogP contribution < -0.4 is 10.2 Å².